The van der Waals surface area contributed by atoms with Crippen molar-refractivity contribution in [2.45, 2.75) is 30.6 Å². The Morgan fingerprint density at radius 1 is 0.895 bits per heavy atom. The highest BCUT2D eigenvalue weighted by atomic mass is 32.2. The Labute approximate surface area is 224 Å². The van der Waals surface area contributed by atoms with Gasteiger partial charge >= 0.3 is 0 Å². The van der Waals surface area contributed by atoms with Crippen LogP contribution in [0.2, 0.25) is 0 Å². The molecule has 0 aromatic heterocycles. The van der Waals surface area contributed by atoms with Gasteiger partial charge in [-0.2, -0.15) is 0 Å². The van der Waals surface area contributed by atoms with Crippen LogP contribution in [-0.2, 0) is 14.6 Å². The minimum Gasteiger partial charge on any atom is -0.368 e. The first-order chi connectivity index (χ1) is 18.1. The summed E-state index contributed by atoms with van der Waals surface area (Å²) < 4.78 is 25.7. The Kier molecular flexibility index (Phi) is 7.01. The largest absolute Gasteiger partial charge is 0.368 e. The van der Waals surface area contributed by atoms with Crippen LogP contribution in [0, 0.1) is 13.8 Å². The van der Waals surface area contributed by atoms with Gasteiger partial charge in [-0.15, -0.1) is 0 Å². The van der Waals surface area contributed by atoms with Gasteiger partial charge in [0.2, 0.25) is 5.91 Å². The standard InChI is InChI=1S/C30H33N3O4S/c1-20-9-12-26(21(2)17-20)32-13-15-33(16-14-32)30(35)24-11-10-23(18-27(24)38(3,36)37)28-25(19-31-29(28)34)22-7-5-4-6-8-22/h4-12,17-18,25,28H,13-16,19H2,1-3H3,(H,31,34)/t25?,28-/m0/s1. The van der Waals surface area contributed by atoms with Crippen molar-refractivity contribution in [3.05, 3.63) is 94.5 Å². The van der Waals surface area contributed by atoms with Crippen LogP contribution in [0.15, 0.2) is 71.6 Å². The molecule has 1 N–H and O–H groups in total. The van der Waals surface area contributed by atoms with Gasteiger partial charge in [0.1, 0.15) is 0 Å². The number of carbonyl (C=O) groups is 2. The maximum absolute atomic E-state index is 13.6. The van der Waals surface area contributed by atoms with E-state index in [0.29, 0.717) is 38.3 Å². The third kappa shape index (κ3) is 5.05. The van der Waals surface area contributed by atoms with Gasteiger partial charge in [-0.3, -0.25) is 9.59 Å². The summed E-state index contributed by atoms with van der Waals surface area (Å²) in [6, 6.07) is 20.9. The molecule has 3 aromatic rings. The molecule has 38 heavy (non-hydrogen) atoms. The number of carbonyl (C=O) groups excluding carboxylic acids is 2. The van der Waals surface area contributed by atoms with Crippen molar-refractivity contribution in [2.24, 2.45) is 0 Å². The maximum Gasteiger partial charge on any atom is 0.255 e. The smallest absolute Gasteiger partial charge is 0.255 e. The lowest BCUT2D eigenvalue weighted by atomic mass is 9.83. The van der Waals surface area contributed by atoms with Crippen molar-refractivity contribution in [1.82, 2.24) is 10.2 Å². The van der Waals surface area contributed by atoms with Crippen molar-refractivity contribution in [3.8, 4) is 0 Å². The minimum atomic E-state index is -3.72. The quantitative estimate of drug-likeness (QED) is 0.543. The Hall–Kier alpha value is -3.65. The van der Waals surface area contributed by atoms with Crippen molar-refractivity contribution < 1.29 is 18.0 Å². The van der Waals surface area contributed by atoms with Crippen molar-refractivity contribution >= 4 is 27.3 Å². The van der Waals surface area contributed by atoms with Gasteiger partial charge < -0.3 is 15.1 Å². The highest BCUT2D eigenvalue weighted by Crippen LogP contribution is 2.38. The van der Waals surface area contributed by atoms with E-state index in [2.05, 4.69) is 42.3 Å². The Morgan fingerprint density at radius 3 is 2.26 bits per heavy atom. The van der Waals surface area contributed by atoms with E-state index in [1.807, 2.05) is 30.3 Å². The van der Waals surface area contributed by atoms with E-state index in [-0.39, 0.29) is 28.2 Å². The van der Waals surface area contributed by atoms with Gasteiger partial charge in [-0.05, 0) is 48.7 Å². The number of benzene rings is 3. The predicted octanol–water partition coefficient (Wildman–Crippen LogP) is 3.67. The molecule has 0 bridgehead atoms. The fourth-order valence-corrected chi connectivity index (χ4v) is 6.62. The summed E-state index contributed by atoms with van der Waals surface area (Å²) in [7, 11) is -3.72. The predicted molar refractivity (Wildman–Crippen MR) is 149 cm³/mol. The van der Waals surface area contributed by atoms with Gasteiger partial charge in [0.15, 0.2) is 9.84 Å². The van der Waals surface area contributed by atoms with E-state index in [0.717, 1.165) is 17.5 Å². The lowest BCUT2D eigenvalue weighted by Gasteiger charge is -2.37. The van der Waals surface area contributed by atoms with Gasteiger partial charge in [0.25, 0.3) is 5.91 Å². The van der Waals surface area contributed by atoms with E-state index < -0.39 is 15.8 Å². The Bertz CT molecular complexity index is 1480. The number of anilines is 1. The number of aryl methyl sites for hydroxylation is 2. The van der Waals surface area contributed by atoms with Gasteiger partial charge in [0.05, 0.1) is 16.4 Å². The maximum atomic E-state index is 13.6. The monoisotopic (exact) mass is 531 g/mol. The molecule has 5 rings (SSSR count). The molecule has 2 atom stereocenters. The number of sulfone groups is 1. The van der Waals surface area contributed by atoms with Crippen LogP contribution >= 0.6 is 0 Å². The molecule has 7 nitrogen and oxygen atoms in total. The molecule has 2 aliphatic heterocycles. The summed E-state index contributed by atoms with van der Waals surface area (Å²) in [6.45, 7) is 6.97. The molecule has 0 saturated carbocycles. The number of piperazine rings is 1. The fourth-order valence-electron chi connectivity index (χ4n) is 5.71. The van der Waals surface area contributed by atoms with Crippen molar-refractivity contribution in [3.63, 3.8) is 0 Å². The van der Waals surface area contributed by atoms with Crippen LogP contribution in [0.3, 0.4) is 0 Å². The van der Waals surface area contributed by atoms with E-state index in [4.69, 9.17) is 0 Å². The molecule has 2 amide bonds. The summed E-state index contributed by atoms with van der Waals surface area (Å²) in [4.78, 5) is 30.4. The fraction of sp³-hybridized carbons (Fsp3) is 0.333. The SMILES string of the molecule is Cc1ccc(N2CCN(C(=O)c3ccc([C@@H]4C(=O)NCC4c4ccccc4)cc3S(C)(=O)=O)CC2)c(C)c1. The van der Waals surface area contributed by atoms with Gasteiger partial charge in [0, 0.05) is 50.6 Å². The van der Waals surface area contributed by atoms with E-state index in [9.17, 15) is 18.0 Å². The molecular formula is C30H33N3O4S. The van der Waals surface area contributed by atoms with Crippen LogP contribution in [0.4, 0.5) is 5.69 Å². The average Bonchev–Trinajstić information content (AvgIpc) is 3.29. The van der Waals surface area contributed by atoms with Crippen LogP contribution in [-0.4, -0.2) is 64.1 Å². The van der Waals surface area contributed by atoms with Gasteiger partial charge in [-0.1, -0.05) is 54.1 Å². The zero-order valence-corrected chi connectivity index (χ0v) is 22.8. The second-order valence-corrected chi connectivity index (χ2v) is 12.3. The molecule has 2 heterocycles. The summed E-state index contributed by atoms with van der Waals surface area (Å²) in [5, 5.41) is 2.92. The number of rotatable bonds is 5. The van der Waals surface area contributed by atoms with Crippen LogP contribution in [0.25, 0.3) is 0 Å². The second-order valence-electron chi connectivity index (χ2n) is 10.3. The van der Waals surface area contributed by atoms with Crippen LogP contribution in [0.1, 0.15) is 44.4 Å². The highest BCUT2D eigenvalue weighted by Gasteiger charge is 2.38. The van der Waals surface area contributed by atoms with E-state index in [1.165, 1.54) is 17.2 Å². The molecule has 198 valence electrons. The number of nitrogens with zero attached hydrogens (tertiary/aromatic N) is 2. The first-order valence-electron chi connectivity index (χ1n) is 12.9. The Morgan fingerprint density at radius 2 is 1.61 bits per heavy atom. The summed E-state index contributed by atoms with van der Waals surface area (Å²) in [5.74, 6) is -1.08. The molecule has 2 saturated heterocycles. The van der Waals surface area contributed by atoms with Crippen molar-refractivity contribution in [2.75, 3.05) is 43.9 Å². The molecule has 8 heteroatoms. The molecule has 3 aromatic carbocycles. The molecule has 0 aliphatic carbocycles. The highest BCUT2D eigenvalue weighted by molar-refractivity contribution is 7.90. The summed E-state index contributed by atoms with van der Waals surface area (Å²) >= 11 is 0. The molecule has 0 radical (unpaired) electrons. The lowest BCUT2D eigenvalue weighted by molar-refractivity contribution is -0.120. The summed E-state index contributed by atoms with van der Waals surface area (Å²) in [6.07, 6.45) is 1.12. The lowest BCUT2D eigenvalue weighted by Crippen LogP contribution is -2.49. The molecule has 2 aliphatic rings. The first kappa shape index (κ1) is 26.0. The Balaban J connectivity index is 1.40. The third-order valence-electron chi connectivity index (χ3n) is 7.66. The second kappa shape index (κ2) is 10.3. The normalized spacial score (nSPS) is 19.9. The number of hydrogen-bond donors (Lipinski definition) is 1. The van der Waals surface area contributed by atoms with Crippen LogP contribution in [0.5, 0.6) is 0 Å². The van der Waals surface area contributed by atoms with E-state index >= 15 is 0 Å². The first-order valence-corrected chi connectivity index (χ1v) is 14.8. The van der Waals surface area contributed by atoms with Gasteiger partial charge in [-0.25, -0.2) is 8.42 Å². The number of amides is 2. The third-order valence-corrected chi connectivity index (χ3v) is 8.80. The summed E-state index contributed by atoms with van der Waals surface area (Å²) in [5.41, 5.74) is 5.34. The zero-order valence-electron chi connectivity index (χ0n) is 22.0. The zero-order chi connectivity index (χ0) is 27.0. The molecule has 1 unspecified atom stereocenters. The number of nitrogens with one attached hydrogen (secondary N) is 1. The molecule has 2 fully saturated rings. The molecule has 0 spiro atoms. The van der Waals surface area contributed by atoms with Crippen molar-refractivity contribution in [1.29, 1.82) is 0 Å². The topological polar surface area (TPSA) is 86.8 Å². The molecular weight excluding hydrogens is 498 g/mol. The van der Waals surface area contributed by atoms with Crippen LogP contribution < -0.4 is 10.2 Å². The average molecular weight is 532 g/mol. The number of hydrogen-bond acceptors (Lipinski definition) is 5. The van der Waals surface area contributed by atoms with E-state index in [1.54, 1.807) is 17.0 Å². The minimum absolute atomic E-state index is 0.0247.